The minimum absolute atomic E-state index is 0.0178. The zero-order valence-electron chi connectivity index (χ0n) is 9.94. The summed E-state index contributed by atoms with van der Waals surface area (Å²) in [7, 11) is 0. The fourth-order valence-corrected chi connectivity index (χ4v) is 2.24. The SMILES string of the molecule is Fc1cnc(Cl)nc1NC1CCOc2ccccc21. The minimum atomic E-state index is -0.520. The summed E-state index contributed by atoms with van der Waals surface area (Å²) in [6, 6.07) is 7.62. The van der Waals surface area contributed by atoms with Crippen molar-refractivity contribution in [2.24, 2.45) is 0 Å². The van der Waals surface area contributed by atoms with Crippen molar-refractivity contribution >= 4 is 17.4 Å². The van der Waals surface area contributed by atoms with E-state index in [4.69, 9.17) is 16.3 Å². The van der Waals surface area contributed by atoms with Crippen molar-refractivity contribution in [1.82, 2.24) is 9.97 Å². The molecule has 1 unspecified atom stereocenters. The first-order valence-corrected chi connectivity index (χ1v) is 6.28. The number of aromatic nitrogens is 2. The summed E-state index contributed by atoms with van der Waals surface area (Å²) in [5, 5.41) is 3.07. The largest absolute Gasteiger partial charge is 0.493 e. The van der Waals surface area contributed by atoms with Gasteiger partial charge in [0.05, 0.1) is 18.8 Å². The molecule has 0 bridgehead atoms. The van der Waals surface area contributed by atoms with Crippen molar-refractivity contribution in [3.63, 3.8) is 0 Å². The lowest BCUT2D eigenvalue weighted by Crippen LogP contribution is -2.21. The molecule has 0 saturated heterocycles. The molecule has 1 aliphatic rings. The maximum atomic E-state index is 13.6. The van der Waals surface area contributed by atoms with Crippen molar-refractivity contribution in [3.8, 4) is 5.75 Å². The number of hydrogen-bond acceptors (Lipinski definition) is 4. The molecule has 4 nitrogen and oxygen atoms in total. The van der Waals surface area contributed by atoms with E-state index < -0.39 is 5.82 Å². The summed E-state index contributed by atoms with van der Waals surface area (Å²) in [5.41, 5.74) is 0.989. The van der Waals surface area contributed by atoms with E-state index in [0.717, 1.165) is 23.9 Å². The normalized spacial score (nSPS) is 17.5. The summed E-state index contributed by atoms with van der Waals surface area (Å²) in [6.45, 7) is 0.578. The van der Waals surface area contributed by atoms with Gasteiger partial charge in [-0.05, 0) is 17.7 Å². The van der Waals surface area contributed by atoms with Crippen molar-refractivity contribution < 1.29 is 9.13 Å². The van der Waals surface area contributed by atoms with Gasteiger partial charge in [0.2, 0.25) is 5.28 Å². The monoisotopic (exact) mass is 279 g/mol. The Kier molecular flexibility index (Phi) is 3.21. The number of fused-ring (bicyclic) bond motifs is 1. The van der Waals surface area contributed by atoms with E-state index in [2.05, 4.69) is 15.3 Å². The molecule has 0 saturated carbocycles. The van der Waals surface area contributed by atoms with Crippen molar-refractivity contribution in [2.75, 3.05) is 11.9 Å². The average Bonchev–Trinajstić information content (AvgIpc) is 2.43. The highest BCUT2D eigenvalue weighted by atomic mass is 35.5. The van der Waals surface area contributed by atoms with Gasteiger partial charge in [-0.3, -0.25) is 0 Å². The number of para-hydroxylation sites is 1. The Labute approximate surface area is 114 Å². The molecule has 0 fully saturated rings. The van der Waals surface area contributed by atoms with Crippen LogP contribution in [0.15, 0.2) is 30.5 Å². The Hall–Kier alpha value is -1.88. The van der Waals surface area contributed by atoms with Crippen LogP contribution in [0, 0.1) is 5.82 Å². The quantitative estimate of drug-likeness (QED) is 0.858. The van der Waals surface area contributed by atoms with Gasteiger partial charge in [-0.25, -0.2) is 9.37 Å². The Morgan fingerprint density at radius 2 is 2.21 bits per heavy atom. The molecule has 3 rings (SSSR count). The van der Waals surface area contributed by atoms with Gasteiger partial charge < -0.3 is 10.1 Å². The number of halogens is 2. The van der Waals surface area contributed by atoms with Gasteiger partial charge in [0.1, 0.15) is 5.75 Å². The van der Waals surface area contributed by atoms with Crippen molar-refractivity contribution in [1.29, 1.82) is 0 Å². The number of nitrogens with one attached hydrogen (secondary N) is 1. The average molecular weight is 280 g/mol. The first-order chi connectivity index (χ1) is 9.24. The standard InChI is InChI=1S/C13H11ClFN3O/c14-13-16-7-9(15)12(18-13)17-10-5-6-19-11-4-2-1-3-8(10)11/h1-4,7,10H,5-6H2,(H,16,17,18). The summed E-state index contributed by atoms with van der Waals surface area (Å²) in [6.07, 6.45) is 1.79. The lowest BCUT2D eigenvalue weighted by molar-refractivity contribution is 0.274. The summed E-state index contributed by atoms with van der Waals surface area (Å²) in [4.78, 5) is 7.46. The fourth-order valence-electron chi connectivity index (χ4n) is 2.10. The van der Waals surface area contributed by atoms with Crippen LogP contribution in [0.5, 0.6) is 5.75 Å². The van der Waals surface area contributed by atoms with E-state index in [1.54, 1.807) is 0 Å². The van der Waals surface area contributed by atoms with Crippen LogP contribution in [0.2, 0.25) is 5.28 Å². The lowest BCUT2D eigenvalue weighted by atomic mass is 10.0. The van der Waals surface area contributed by atoms with E-state index in [1.165, 1.54) is 0 Å². The molecule has 1 N–H and O–H groups in total. The van der Waals surface area contributed by atoms with Crippen LogP contribution < -0.4 is 10.1 Å². The Balaban J connectivity index is 1.90. The van der Waals surface area contributed by atoms with Crippen LogP contribution in [0.4, 0.5) is 10.2 Å². The van der Waals surface area contributed by atoms with Crippen LogP contribution in [0.1, 0.15) is 18.0 Å². The van der Waals surface area contributed by atoms with E-state index in [-0.39, 0.29) is 17.1 Å². The van der Waals surface area contributed by atoms with E-state index in [0.29, 0.717) is 6.61 Å². The van der Waals surface area contributed by atoms with Gasteiger partial charge in [-0.2, -0.15) is 4.98 Å². The van der Waals surface area contributed by atoms with Crippen LogP contribution in [0.25, 0.3) is 0 Å². The van der Waals surface area contributed by atoms with Gasteiger partial charge in [-0.15, -0.1) is 0 Å². The molecule has 1 atom stereocenters. The molecule has 0 amide bonds. The summed E-state index contributed by atoms with van der Waals surface area (Å²) in [5.74, 6) is 0.405. The number of ether oxygens (including phenoxy) is 1. The van der Waals surface area contributed by atoms with Gasteiger partial charge >= 0.3 is 0 Å². The second-order valence-corrected chi connectivity index (χ2v) is 4.55. The molecule has 2 heterocycles. The molecule has 0 aliphatic carbocycles. The summed E-state index contributed by atoms with van der Waals surface area (Å²) >= 11 is 5.68. The Bertz CT molecular complexity index is 608. The van der Waals surface area contributed by atoms with Gasteiger partial charge in [0.25, 0.3) is 0 Å². The molecule has 0 radical (unpaired) electrons. The van der Waals surface area contributed by atoms with Gasteiger partial charge in [-0.1, -0.05) is 18.2 Å². The van der Waals surface area contributed by atoms with Crippen molar-refractivity contribution in [2.45, 2.75) is 12.5 Å². The highest BCUT2D eigenvalue weighted by molar-refractivity contribution is 6.28. The van der Waals surface area contributed by atoms with E-state index in [1.807, 2.05) is 24.3 Å². The number of rotatable bonds is 2. The predicted molar refractivity (Wildman–Crippen MR) is 69.9 cm³/mol. The third kappa shape index (κ3) is 2.46. The van der Waals surface area contributed by atoms with E-state index in [9.17, 15) is 4.39 Å². The minimum Gasteiger partial charge on any atom is -0.493 e. The van der Waals surface area contributed by atoms with Crippen LogP contribution in [0.3, 0.4) is 0 Å². The highest BCUT2D eigenvalue weighted by Crippen LogP contribution is 2.34. The number of nitrogens with zero attached hydrogens (tertiary/aromatic N) is 2. The zero-order valence-corrected chi connectivity index (χ0v) is 10.7. The molecule has 19 heavy (non-hydrogen) atoms. The smallest absolute Gasteiger partial charge is 0.224 e. The molecule has 2 aromatic rings. The molecule has 1 aromatic heterocycles. The van der Waals surface area contributed by atoms with Crippen LogP contribution >= 0.6 is 11.6 Å². The second kappa shape index (κ2) is 5.01. The van der Waals surface area contributed by atoms with Crippen LogP contribution in [-0.4, -0.2) is 16.6 Å². The fraction of sp³-hybridized carbons (Fsp3) is 0.231. The lowest BCUT2D eigenvalue weighted by Gasteiger charge is -2.27. The first kappa shape index (κ1) is 12.2. The highest BCUT2D eigenvalue weighted by Gasteiger charge is 2.22. The molecule has 1 aliphatic heterocycles. The predicted octanol–water partition coefficient (Wildman–Crippen LogP) is 3.20. The Morgan fingerprint density at radius 3 is 3.11 bits per heavy atom. The van der Waals surface area contributed by atoms with Crippen LogP contribution in [-0.2, 0) is 0 Å². The van der Waals surface area contributed by atoms with Gasteiger partial charge in [0, 0.05) is 12.0 Å². The van der Waals surface area contributed by atoms with Crippen molar-refractivity contribution in [3.05, 3.63) is 47.1 Å². The third-order valence-corrected chi connectivity index (χ3v) is 3.17. The summed E-state index contributed by atoms with van der Waals surface area (Å²) < 4.78 is 19.2. The first-order valence-electron chi connectivity index (χ1n) is 5.90. The number of hydrogen-bond donors (Lipinski definition) is 1. The second-order valence-electron chi connectivity index (χ2n) is 4.21. The molecule has 6 heteroatoms. The maximum Gasteiger partial charge on any atom is 0.224 e. The third-order valence-electron chi connectivity index (χ3n) is 2.98. The molecule has 1 aromatic carbocycles. The molecular weight excluding hydrogens is 269 g/mol. The molecule has 98 valence electrons. The number of benzene rings is 1. The topological polar surface area (TPSA) is 47.0 Å². The molecule has 0 spiro atoms. The molecular formula is C13H11ClFN3O. The zero-order chi connectivity index (χ0) is 13.2. The van der Waals surface area contributed by atoms with E-state index >= 15 is 0 Å². The maximum absolute atomic E-state index is 13.6. The number of anilines is 1. The van der Waals surface area contributed by atoms with Gasteiger partial charge in [0.15, 0.2) is 11.6 Å². The Morgan fingerprint density at radius 1 is 1.37 bits per heavy atom.